The van der Waals surface area contributed by atoms with Crippen molar-refractivity contribution in [3.8, 4) is 0 Å². The Morgan fingerprint density at radius 1 is 0.879 bits per heavy atom. The third-order valence-electron chi connectivity index (χ3n) is 5.72. The Morgan fingerprint density at radius 2 is 1.58 bits per heavy atom. The van der Waals surface area contributed by atoms with Crippen LogP contribution in [0.1, 0.15) is 6.23 Å². The topological polar surface area (TPSA) is 265 Å². The fraction of sp³-hybridized carbons (Fsp3) is 0.706. The zero-order chi connectivity index (χ0) is 24.0. The van der Waals surface area contributed by atoms with Gasteiger partial charge in [-0.25, -0.2) is 4.98 Å². The smallest absolute Gasteiger partial charge is 0.224 e. The number of aromatic nitrogens is 4. The minimum absolute atomic E-state index is 0.00960. The number of ether oxygens (including phenoxy) is 3. The molecule has 11 N–H and O–H groups in total. The lowest BCUT2D eigenvalue weighted by atomic mass is 9.96. The van der Waals surface area contributed by atoms with E-state index in [1.807, 2.05) is 0 Å². The zero-order valence-corrected chi connectivity index (χ0v) is 17.1. The first kappa shape index (κ1) is 23.9. The Bertz CT molecular complexity index is 975. The minimum atomic E-state index is -1.76. The molecule has 0 aromatic carbocycles. The molecule has 2 fully saturated rings. The second-order valence-electron chi connectivity index (χ2n) is 7.82. The quantitative estimate of drug-likeness (QED) is 0.196. The van der Waals surface area contributed by atoms with Gasteiger partial charge in [0.05, 0.1) is 19.5 Å². The summed E-state index contributed by atoms with van der Waals surface area (Å²) in [6.45, 7) is -1.38. The van der Waals surface area contributed by atoms with Gasteiger partial charge in [-0.3, -0.25) is 4.57 Å². The molecule has 2 aromatic heterocycles. The maximum Gasteiger partial charge on any atom is 0.224 e. The van der Waals surface area contributed by atoms with E-state index in [0.717, 1.165) is 0 Å². The van der Waals surface area contributed by atoms with Crippen LogP contribution in [0, 0.1) is 0 Å². The molecule has 4 rings (SSSR count). The van der Waals surface area contributed by atoms with Crippen molar-refractivity contribution in [3.63, 3.8) is 0 Å². The third-order valence-corrected chi connectivity index (χ3v) is 5.72. The van der Waals surface area contributed by atoms with Crippen LogP contribution in [0.3, 0.4) is 0 Å². The predicted octanol–water partition coefficient (Wildman–Crippen LogP) is -5.21. The molecule has 16 nitrogen and oxygen atoms in total. The molecule has 16 heteroatoms. The molecule has 0 aliphatic carbocycles. The van der Waals surface area contributed by atoms with Gasteiger partial charge in [-0.1, -0.05) is 0 Å². The van der Waals surface area contributed by atoms with E-state index in [4.69, 9.17) is 25.7 Å². The van der Waals surface area contributed by atoms with Crippen molar-refractivity contribution in [2.45, 2.75) is 61.3 Å². The van der Waals surface area contributed by atoms with Crippen LogP contribution in [-0.2, 0) is 14.2 Å². The molecule has 33 heavy (non-hydrogen) atoms. The van der Waals surface area contributed by atoms with Crippen LogP contribution in [0.15, 0.2) is 6.33 Å². The fourth-order valence-corrected chi connectivity index (χ4v) is 3.94. The van der Waals surface area contributed by atoms with Crippen LogP contribution < -0.4 is 11.5 Å². The minimum Gasteiger partial charge on any atom is -0.394 e. The maximum absolute atomic E-state index is 10.8. The highest BCUT2D eigenvalue weighted by Gasteiger charge is 2.51. The molecule has 0 bridgehead atoms. The molecule has 2 aliphatic heterocycles. The monoisotopic (exact) mass is 474 g/mol. The molecule has 2 aliphatic rings. The number of hydrogen-bond acceptors (Lipinski definition) is 15. The van der Waals surface area contributed by atoms with Crippen molar-refractivity contribution in [1.82, 2.24) is 19.5 Å². The van der Waals surface area contributed by atoms with Crippen molar-refractivity contribution >= 4 is 22.9 Å². The van der Waals surface area contributed by atoms with Gasteiger partial charge in [-0.15, -0.1) is 0 Å². The number of fused-ring (bicyclic) bond motifs is 1. The summed E-state index contributed by atoms with van der Waals surface area (Å²) in [4.78, 5) is 11.9. The number of nitrogens with zero attached hydrogens (tertiary/aromatic N) is 4. The van der Waals surface area contributed by atoms with Gasteiger partial charge in [-0.2, -0.15) is 9.97 Å². The third kappa shape index (κ3) is 4.10. The Labute approximate surface area is 185 Å². The largest absolute Gasteiger partial charge is 0.394 e. The van der Waals surface area contributed by atoms with Gasteiger partial charge in [0.15, 0.2) is 24.0 Å². The number of anilines is 2. The average molecular weight is 474 g/mol. The van der Waals surface area contributed by atoms with E-state index in [9.17, 15) is 35.7 Å². The molecule has 2 aromatic rings. The molecular weight excluding hydrogens is 448 g/mol. The van der Waals surface area contributed by atoms with E-state index in [2.05, 4.69) is 15.0 Å². The lowest BCUT2D eigenvalue weighted by Gasteiger charge is -2.46. The van der Waals surface area contributed by atoms with Crippen LogP contribution in [0.5, 0.6) is 0 Å². The van der Waals surface area contributed by atoms with E-state index in [1.54, 1.807) is 0 Å². The summed E-state index contributed by atoms with van der Waals surface area (Å²) >= 11 is 0. The first-order valence-electron chi connectivity index (χ1n) is 10.0. The lowest BCUT2D eigenvalue weighted by Crippen LogP contribution is -2.63. The van der Waals surface area contributed by atoms with Crippen molar-refractivity contribution in [1.29, 1.82) is 0 Å². The van der Waals surface area contributed by atoms with Gasteiger partial charge in [-0.05, 0) is 0 Å². The zero-order valence-electron chi connectivity index (χ0n) is 17.1. The number of rotatable bonds is 5. The van der Waals surface area contributed by atoms with Gasteiger partial charge >= 0.3 is 0 Å². The second-order valence-corrected chi connectivity index (χ2v) is 7.82. The summed E-state index contributed by atoms with van der Waals surface area (Å²) in [5.41, 5.74) is 11.7. The van der Waals surface area contributed by atoms with Gasteiger partial charge in [0, 0.05) is 0 Å². The molecule has 0 saturated carbocycles. The van der Waals surface area contributed by atoms with E-state index in [1.165, 1.54) is 10.9 Å². The summed E-state index contributed by atoms with van der Waals surface area (Å²) in [7, 11) is 0. The normalized spacial score (nSPS) is 39.7. The van der Waals surface area contributed by atoms with Crippen LogP contribution in [0.2, 0.25) is 0 Å². The summed E-state index contributed by atoms with van der Waals surface area (Å²) < 4.78 is 17.8. The molecule has 0 amide bonds. The Kier molecular flexibility index (Phi) is 6.65. The van der Waals surface area contributed by atoms with Crippen molar-refractivity contribution < 1.29 is 50.0 Å². The average Bonchev–Trinajstić information content (AvgIpc) is 3.21. The van der Waals surface area contributed by atoms with Crippen LogP contribution in [-0.4, -0.2) is 124 Å². The SMILES string of the molecule is Nc1nc(N)c2ncn([C@H]3O[C@@H](CO)[C@@H](O[C@H]4O[C@@H](CO)[C@@H](O)[C@@H](O)[C@H]4O)[C@@H](O)[C@@H]3O)c2n1. The molecule has 10 atom stereocenters. The van der Waals surface area contributed by atoms with E-state index in [0.29, 0.717) is 0 Å². The molecule has 4 heterocycles. The molecule has 0 spiro atoms. The maximum atomic E-state index is 10.8. The van der Waals surface area contributed by atoms with Gasteiger partial charge in [0.1, 0.15) is 54.3 Å². The number of nitrogens with two attached hydrogens (primary N) is 2. The molecule has 0 unspecified atom stereocenters. The fourth-order valence-electron chi connectivity index (χ4n) is 3.94. The Morgan fingerprint density at radius 3 is 2.24 bits per heavy atom. The van der Waals surface area contributed by atoms with Gasteiger partial charge < -0.3 is 61.4 Å². The molecule has 2 saturated heterocycles. The van der Waals surface area contributed by atoms with Crippen molar-refractivity contribution in [2.75, 3.05) is 24.7 Å². The number of hydrogen-bond donors (Lipinski definition) is 9. The lowest BCUT2D eigenvalue weighted by molar-refractivity contribution is -0.346. The van der Waals surface area contributed by atoms with Gasteiger partial charge in [0.25, 0.3) is 0 Å². The van der Waals surface area contributed by atoms with Crippen LogP contribution >= 0.6 is 0 Å². The van der Waals surface area contributed by atoms with E-state index < -0.39 is 74.6 Å². The highest BCUT2D eigenvalue weighted by atomic mass is 16.7. The summed E-state index contributed by atoms with van der Waals surface area (Å²) in [5, 5.41) is 70.7. The number of imidazole rings is 1. The summed E-state index contributed by atoms with van der Waals surface area (Å²) in [6, 6.07) is 0. The van der Waals surface area contributed by atoms with Crippen molar-refractivity contribution in [3.05, 3.63) is 6.33 Å². The molecule has 184 valence electrons. The molecule has 0 radical (unpaired) electrons. The first-order chi connectivity index (χ1) is 15.7. The van der Waals surface area contributed by atoms with Gasteiger partial charge in [0.2, 0.25) is 5.95 Å². The summed E-state index contributed by atoms with van der Waals surface area (Å²) in [5.74, 6) is -0.167. The van der Waals surface area contributed by atoms with Crippen molar-refractivity contribution in [2.24, 2.45) is 0 Å². The van der Waals surface area contributed by atoms with E-state index >= 15 is 0 Å². The first-order valence-corrected chi connectivity index (χ1v) is 10.0. The number of nitrogen functional groups attached to an aromatic ring is 2. The number of aliphatic hydroxyl groups is 7. The Hall–Kier alpha value is -2.25. The van der Waals surface area contributed by atoms with Crippen LogP contribution in [0.25, 0.3) is 11.2 Å². The Balaban J connectivity index is 1.58. The standard InChI is InChI=1S/C17H26N6O10/c18-13-6-14(22-17(19)21-13)23(3-20-6)15-10(29)9(28)12(5(2-25)31-15)33-16-11(30)8(27)7(26)4(1-24)32-16/h3-5,7-12,15-16,24-30H,1-2H2,(H4,18,19,21,22)/t4-,5-,7+,8+,9-,10-,11+,12+,15-,16+/m0/s1. The van der Waals surface area contributed by atoms with Crippen LogP contribution in [0.4, 0.5) is 11.8 Å². The predicted molar refractivity (Wildman–Crippen MR) is 106 cm³/mol. The highest BCUT2D eigenvalue weighted by Crippen LogP contribution is 2.34. The summed E-state index contributed by atoms with van der Waals surface area (Å²) in [6.07, 6.45) is -14.1. The molecular formula is C17H26N6O10. The highest BCUT2D eigenvalue weighted by molar-refractivity contribution is 5.82. The number of aliphatic hydroxyl groups excluding tert-OH is 7. The second kappa shape index (κ2) is 9.18. The van der Waals surface area contributed by atoms with E-state index in [-0.39, 0.29) is 22.9 Å².